The molecule has 0 spiro atoms. The first-order valence-corrected chi connectivity index (χ1v) is 9.48. The van der Waals surface area contributed by atoms with Crippen molar-refractivity contribution in [2.24, 2.45) is 0 Å². The van der Waals surface area contributed by atoms with Crippen molar-refractivity contribution in [2.45, 2.75) is 9.96 Å². The lowest BCUT2D eigenvalue weighted by Gasteiger charge is -2.28. The normalized spacial score (nSPS) is 11.9. The first kappa shape index (κ1) is 23.0. The summed E-state index contributed by atoms with van der Waals surface area (Å²) in [7, 11) is 1.50. The van der Waals surface area contributed by atoms with Crippen molar-refractivity contribution < 1.29 is 14.5 Å². The van der Waals surface area contributed by atoms with Crippen molar-refractivity contribution in [1.82, 2.24) is 10.6 Å². The molecule has 1 atom stereocenters. The zero-order valence-electron chi connectivity index (χ0n) is 14.8. The summed E-state index contributed by atoms with van der Waals surface area (Å²) in [6, 6.07) is 12.1. The molecule has 0 bridgehead atoms. The molecular weight excluding hydrogens is 463 g/mol. The van der Waals surface area contributed by atoms with Gasteiger partial charge in [-0.1, -0.05) is 53.0 Å². The van der Waals surface area contributed by atoms with Crippen LogP contribution in [-0.4, -0.2) is 33.0 Å². The number of methoxy groups -OCH3 is 1. The maximum absolute atomic E-state index is 12.5. The SMILES string of the molecule is COc1ccccc1NC(=S)N[C@@H](NC(=O)c1cccc([N+](=O)[O-])c1)C(Cl)(Cl)Cl. The number of nitrogens with one attached hydrogen (secondary N) is 3. The fourth-order valence-electron chi connectivity index (χ4n) is 2.21. The zero-order chi connectivity index (χ0) is 21.6. The van der Waals surface area contributed by atoms with E-state index in [0.29, 0.717) is 11.4 Å². The molecule has 0 aliphatic carbocycles. The molecule has 12 heteroatoms. The van der Waals surface area contributed by atoms with Crippen LogP contribution in [0, 0.1) is 10.1 Å². The smallest absolute Gasteiger partial charge is 0.270 e. The Morgan fingerprint density at radius 1 is 1.17 bits per heavy atom. The van der Waals surface area contributed by atoms with E-state index in [4.69, 9.17) is 51.8 Å². The number of nitro benzene ring substituents is 1. The van der Waals surface area contributed by atoms with Gasteiger partial charge in [0.05, 0.1) is 17.7 Å². The number of hydrogen-bond donors (Lipinski definition) is 3. The van der Waals surface area contributed by atoms with E-state index < -0.39 is 20.8 Å². The first-order valence-electron chi connectivity index (χ1n) is 7.94. The number of amides is 1. The summed E-state index contributed by atoms with van der Waals surface area (Å²) >= 11 is 23.1. The molecule has 2 rings (SSSR count). The van der Waals surface area contributed by atoms with Gasteiger partial charge in [-0.2, -0.15) is 0 Å². The number of carbonyl (C=O) groups is 1. The first-order chi connectivity index (χ1) is 13.6. The Balaban J connectivity index is 2.13. The lowest BCUT2D eigenvalue weighted by Crippen LogP contribution is -2.56. The van der Waals surface area contributed by atoms with Gasteiger partial charge in [0.2, 0.25) is 3.79 Å². The number of nitrogens with zero attached hydrogens (tertiary/aromatic N) is 1. The van der Waals surface area contributed by atoms with Crippen LogP contribution < -0.4 is 20.7 Å². The number of nitro groups is 1. The number of carbonyl (C=O) groups excluding carboxylic acids is 1. The lowest BCUT2D eigenvalue weighted by molar-refractivity contribution is -0.384. The maximum atomic E-state index is 12.5. The summed E-state index contributed by atoms with van der Waals surface area (Å²) in [4.78, 5) is 22.8. The fourth-order valence-corrected chi connectivity index (χ4v) is 2.77. The van der Waals surface area contributed by atoms with Crippen molar-refractivity contribution in [3.8, 4) is 5.75 Å². The minimum Gasteiger partial charge on any atom is -0.495 e. The van der Waals surface area contributed by atoms with Crippen LogP contribution in [0.5, 0.6) is 5.75 Å². The molecule has 0 saturated heterocycles. The molecule has 1 amide bonds. The summed E-state index contributed by atoms with van der Waals surface area (Å²) in [6.45, 7) is 0. The molecule has 8 nitrogen and oxygen atoms in total. The third-order valence-corrected chi connectivity index (χ3v) is 4.43. The molecule has 0 radical (unpaired) electrons. The van der Waals surface area contributed by atoms with Gasteiger partial charge in [-0.05, 0) is 30.4 Å². The Labute approximate surface area is 186 Å². The van der Waals surface area contributed by atoms with Crippen LogP contribution in [0.2, 0.25) is 0 Å². The number of para-hydroxylation sites is 2. The van der Waals surface area contributed by atoms with Gasteiger partial charge in [0.15, 0.2) is 5.11 Å². The van der Waals surface area contributed by atoms with Crippen molar-refractivity contribution in [1.29, 1.82) is 0 Å². The van der Waals surface area contributed by atoms with E-state index in [1.165, 1.54) is 25.3 Å². The van der Waals surface area contributed by atoms with Gasteiger partial charge < -0.3 is 20.7 Å². The van der Waals surface area contributed by atoms with Gasteiger partial charge in [-0.25, -0.2) is 0 Å². The number of anilines is 1. The summed E-state index contributed by atoms with van der Waals surface area (Å²) in [6.07, 6.45) is -1.24. The Kier molecular flexibility index (Phi) is 7.86. The molecule has 2 aromatic carbocycles. The molecule has 0 aliphatic heterocycles. The van der Waals surface area contributed by atoms with E-state index in [2.05, 4.69) is 16.0 Å². The number of hydrogen-bond acceptors (Lipinski definition) is 5. The zero-order valence-corrected chi connectivity index (χ0v) is 17.9. The molecule has 0 saturated carbocycles. The van der Waals surface area contributed by atoms with Crippen molar-refractivity contribution in [3.05, 3.63) is 64.2 Å². The molecule has 0 fully saturated rings. The van der Waals surface area contributed by atoms with Crippen LogP contribution >= 0.6 is 47.0 Å². The fraction of sp³-hybridized carbons (Fsp3) is 0.176. The number of ether oxygens (including phenoxy) is 1. The number of alkyl halides is 3. The van der Waals surface area contributed by atoms with E-state index in [1.807, 2.05) is 0 Å². The largest absolute Gasteiger partial charge is 0.495 e. The van der Waals surface area contributed by atoms with Crippen LogP contribution in [0.25, 0.3) is 0 Å². The predicted molar refractivity (Wildman–Crippen MR) is 117 cm³/mol. The van der Waals surface area contributed by atoms with Gasteiger partial charge in [0, 0.05) is 17.7 Å². The second-order valence-electron chi connectivity index (χ2n) is 5.55. The van der Waals surface area contributed by atoms with Crippen molar-refractivity contribution in [2.75, 3.05) is 12.4 Å². The second-order valence-corrected chi connectivity index (χ2v) is 8.33. The quantitative estimate of drug-likeness (QED) is 0.190. The molecule has 2 aromatic rings. The standard InChI is InChI=1S/C17H15Cl3N4O4S/c1-28-13-8-3-2-7-12(13)21-16(29)23-15(17(18,19)20)22-14(25)10-5-4-6-11(9-10)24(26)27/h2-9,15H,1H3,(H,22,25)(H2,21,23,29)/t15-/m1/s1. The molecule has 154 valence electrons. The van der Waals surface area contributed by atoms with E-state index in [9.17, 15) is 14.9 Å². The van der Waals surface area contributed by atoms with Crippen molar-refractivity contribution >= 4 is 69.4 Å². The van der Waals surface area contributed by atoms with Crippen LogP contribution in [0.4, 0.5) is 11.4 Å². The van der Waals surface area contributed by atoms with Crippen LogP contribution in [0.15, 0.2) is 48.5 Å². The number of thiocarbonyl (C=S) groups is 1. The third-order valence-electron chi connectivity index (χ3n) is 3.55. The minimum absolute atomic E-state index is 0.0175. The Morgan fingerprint density at radius 2 is 1.86 bits per heavy atom. The topological polar surface area (TPSA) is 106 Å². The molecule has 3 N–H and O–H groups in total. The van der Waals surface area contributed by atoms with Crippen LogP contribution in [0.3, 0.4) is 0 Å². The number of non-ortho nitro benzene ring substituents is 1. The highest BCUT2D eigenvalue weighted by Gasteiger charge is 2.35. The van der Waals surface area contributed by atoms with E-state index >= 15 is 0 Å². The molecule has 29 heavy (non-hydrogen) atoms. The van der Waals surface area contributed by atoms with Gasteiger partial charge in [-0.3, -0.25) is 14.9 Å². The lowest BCUT2D eigenvalue weighted by atomic mass is 10.2. The van der Waals surface area contributed by atoms with Crippen molar-refractivity contribution in [3.63, 3.8) is 0 Å². The van der Waals surface area contributed by atoms with Gasteiger partial charge in [-0.15, -0.1) is 0 Å². The number of benzene rings is 2. The molecular formula is C17H15Cl3N4O4S. The Hall–Kier alpha value is -2.33. The average Bonchev–Trinajstić information content (AvgIpc) is 2.67. The van der Waals surface area contributed by atoms with E-state index in [1.54, 1.807) is 24.3 Å². The maximum Gasteiger partial charge on any atom is 0.270 e. The number of halogens is 3. The van der Waals surface area contributed by atoms with Crippen LogP contribution in [0.1, 0.15) is 10.4 Å². The Bertz CT molecular complexity index is 924. The second kappa shape index (κ2) is 9.93. The highest BCUT2D eigenvalue weighted by atomic mass is 35.6. The Morgan fingerprint density at radius 3 is 2.48 bits per heavy atom. The predicted octanol–water partition coefficient (Wildman–Crippen LogP) is 4.02. The number of rotatable bonds is 6. The van der Waals surface area contributed by atoms with Gasteiger partial charge in [0.1, 0.15) is 11.9 Å². The minimum atomic E-state index is -1.98. The van der Waals surface area contributed by atoms with Gasteiger partial charge in [0.25, 0.3) is 11.6 Å². The monoisotopic (exact) mass is 476 g/mol. The summed E-state index contributed by atoms with van der Waals surface area (Å²) in [5.41, 5.74) is 0.328. The summed E-state index contributed by atoms with van der Waals surface area (Å²) in [5.74, 6) is -0.166. The van der Waals surface area contributed by atoms with E-state index in [0.717, 1.165) is 6.07 Å². The highest BCUT2D eigenvalue weighted by Crippen LogP contribution is 2.30. The molecule has 0 heterocycles. The molecule has 0 aromatic heterocycles. The molecule has 0 aliphatic rings. The van der Waals surface area contributed by atoms with Gasteiger partial charge >= 0.3 is 0 Å². The summed E-state index contributed by atoms with van der Waals surface area (Å²) < 4.78 is 3.24. The average molecular weight is 478 g/mol. The highest BCUT2D eigenvalue weighted by molar-refractivity contribution is 7.80. The third kappa shape index (κ3) is 6.60. The van der Waals surface area contributed by atoms with Crippen LogP contribution in [-0.2, 0) is 0 Å². The summed E-state index contributed by atoms with van der Waals surface area (Å²) in [5, 5.41) is 19.0. The van der Waals surface area contributed by atoms with E-state index in [-0.39, 0.29) is 16.4 Å². The molecule has 0 unspecified atom stereocenters.